The molecular formula is C13H16BrF3N2O2. The smallest absolute Gasteiger partial charge is 0.402 e. The number of amidine groups is 1. The number of benzene rings is 1. The van der Waals surface area contributed by atoms with E-state index in [1.807, 2.05) is 13.8 Å². The molecule has 1 aromatic rings. The second-order valence-electron chi connectivity index (χ2n) is 4.77. The molecule has 0 saturated carbocycles. The normalized spacial score (nSPS) is 14.3. The third-order valence-corrected chi connectivity index (χ3v) is 3.36. The van der Waals surface area contributed by atoms with Crippen LogP contribution in [0.3, 0.4) is 0 Å². The number of hydrogen-bond acceptors (Lipinski definition) is 3. The van der Waals surface area contributed by atoms with Crippen LogP contribution in [0.25, 0.3) is 0 Å². The van der Waals surface area contributed by atoms with Gasteiger partial charge in [0.1, 0.15) is 18.3 Å². The van der Waals surface area contributed by atoms with E-state index in [2.05, 4.69) is 21.1 Å². The summed E-state index contributed by atoms with van der Waals surface area (Å²) in [6, 6.07) is 5.04. The Morgan fingerprint density at radius 3 is 2.52 bits per heavy atom. The quantitative estimate of drug-likeness (QED) is 0.358. The van der Waals surface area contributed by atoms with Crippen molar-refractivity contribution in [2.24, 2.45) is 16.8 Å². The first kappa shape index (κ1) is 17.6. The molecule has 1 aromatic carbocycles. The Morgan fingerprint density at radius 2 is 2.05 bits per heavy atom. The molecule has 0 saturated heterocycles. The van der Waals surface area contributed by atoms with Gasteiger partial charge in [0.15, 0.2) is 5.84 Å². The van der Waals surface area contributed by atoms with Crippen LogP contribution in [0.5, 0.6) is 5.75 Å². The Hall–Kier alpha value is -1.44. The summed E-state index contributed by atoms with van der Waals surface area (Å²) in [5.74, 6) is -2.67. The first-order valence-electron chi connectivity index (χ1n) is 6.13. The molecule has 1 atom stereocenters. The van der Waals surface area contributed by atoms with Crippen LogP contribution in [0.4, 0.5) is 13.2 Å². The standard InChI is InChI=1S/C13H16BrF3N2O2/c1-7(2)9-5-8(14)3-4-11(9)21-6-10(12(18)19-20)13(15,16)17/h3-5,7,10,20H,6H2,1-2H3,(H2,18,19). The Labute approximate surface area is 128 Å². The number of ether oxygens (including phenoxy) is 1. The highest BCUT2D eigenvalue weighted by Crippen LogP contribution is 2.32. The van der Waals surface area contributed by atoms with Gasteiger partial charge in [-0.15, -0.1) is 0 Å². The Morgan fingerprint density at radius 1 is 1.43 bits per heavy atom. The average Bonchev–Trinajstić information content (AvgIpc) is 2.38. The lowest BCUT2D eigenvalue weighted by Crippen LogP contribution is -2.40. The van der Waals surface area contributed by atoms with Crippen LogP contribution in [0, 0.1) is 5.92 Å². The predicted molar refractivity (Wildman–Crippen MR) is 76.7 cm³/mol. The van der Waals surface area contributed by atoms with Crippen molar-refractivity contribution in [3.8, 4) is 5.75 Å². The second-order valence-corrected chi connectivity index (χ2v) is 5.68. The summed E-state index contributed by atoms with van der Waals surface area (Å²) in [7, 11) is 0. The van der Waals surface area contributed by atoms with E-state index in [1.54, 1.807) is 18.2 Å². The van der Waals surface area contributed by atoms with Gasteiger partial charge in [-0.2, -0.15) is 13.2 Å². The monoisotopic (exact) mass is 368 g/mol. The summed E-state index contributed by atoms with van der Waals surface area (Å²) >= 11 is 3.30. The van der Waals surface area contributed by atoms with E-state index in [-0.39, 0.29) is 5.92 Å². The molecule has 1 rings (SSSR count). The molecule has 0 bridgehead atoms. The van der Waals surface area contributed by atoms with Gasteiger partial charge in [-0.25, -0.2) is 0 Å². The fourth-order valence-corrected chi connectivity index (χ4v) is 2.07. The van der Waals surface area contributed by atoms with Gasteiger partial charge >= 0.3 is 6.18 Å². The van der Waals surface area contributed by atoms with Crippen LogP contribution in [-0.2, 0) is 0 Å². The maximum atomic E-state index is 12.8. The van der Waals surface area contributed by atoms with Gasteiger partial charge in [0.05, 0.1) is 0 Å². The minimum absolute atomic E-state index is 0.0747. The molecule has 3 N–H and O–H groups in total. The summed E-state index contributed by atoms with van der Waals surface area (Å²) in [6.07, 6.45) is -4.65. The van der Waals surface area contributed by atoms with Crippen LogP contribution in [-0.4, -0.2) is 23.8 Å². The Kier molecular flexibility index (Phi) is 5.88. The van der Waals surface area contributed by atoms with Gasteiger partial charge in [-0.05, 0) is 29.7 Å². The lowest BCUT2D eigenvalue weighted by molar-refractivity contribution is -0.162. The summed E-state index contributed by atoms with van der Waals surface area (Å²) in [5.41, 5.74) is 5.85. The Bertz CT molecular complexity index is 519. The van der Waals surface area contributed by atoms with Gasteiger partial charge in [0.25, 0.3) is 0 Å². The number of hydrogen-bond donors (Lipinski definition) is 2. The highest BCUT2D eigenvalue weighted by Gasteiger charge is 2.43. The molecule has 0 fully saturated rings. The number of rotatable bonds is 5. The average molecular weight is 369 g/mol. The zero-order valence-corrected chi connectivity index (χ0v) is 13.1. The summed E-state index contributed by atoms with van der Waals surface area (Å²) in [4.78, 5) is 0. The fraction of sp³-hybridized carbons (Fsp3) is 0.462. The van der Waals surface area contributed by atoms with Crippen LogP contribution in [0.2, 0.25) is 0 Å². The lowest BCUT2D eigenvalue weighted by Gasteiger charge is -2.21. The van der Waals surface area contributed by atoms with E-state index >= 15 is 0 Å². The van der Waals surface area contributed by atoms with Crippen molar-refractivity contribution in [1.29, 1.82) is 0 Å². The largest absolute Gasteiger partial charge is 0.492 e. The van der Waals surface area contributed by atoms with Gasteiger partial charge in [0.2, 0.25) is 0 Å². The third kappa shape index (κ3) is 4.80. The lowest BCUT2D eigenvalue weighted by atomic mass is 10.0. The van der Waals surface area contributed by atoms with E-state index in [4.69, 9.17) is 15.7 Å². The summed E-state index contributed by atoms with van der Waals surface area (Å²) in [5, 5.41) is 10.9. The maximum absolute atomic E-state index is 12.8. The number of alkyl halides is 3. The van der Waals surface area contributed by atoms with E-state index in [1.165, 1.54) is 0 Å². The number of halogens is 4. The molecule has 8 heteroatoms. The van der Waals surface area contributed by atoms with E-state index in [0.717, 1.165) is 10.0 Å². The van der Waals surface area contributed by atoms with Gasteiger partial charge in [-0.1, -0.05) is 34.9 Å². The molecule has 4 nitrogen and oxygen atoms in total. The molecule has 1 unspecified atom stereocenters. The third-order valence-electron chi connectivity index (χ3n) is 2.87. The number of nitrogens with two attached hydrogens (primary N) is 1. The molecule has 0 heterocycles. The maximum Gasteiger partial charge on any atom is 0.402 e. The molecule has 0 aromatic heterocycles. The van der Waals surface area contributed by atoms with E-state index < -0.39 is 24.5 Å². The summed E-state index contributed by atoms with van der Waals surface area (Å²) < 4.78 is 44.5. The van der Waals surface area contributed by atoms with E-state index in [0.29, 0.717) is 5.75 Å². The number of oxime groups is 1. The minimum Gasteiger partial charge on any atom is -0.492 e. The van der Waals surface area contributed by atoms with Gasteiger partial charge in [0, 0.05) is 4.47 Å². The highest BCUT2D eigenvalue weighted by atomic mass is 79.9. The molecule has 0 aliphatic carbocycles. The van der Waals surface area contributed by atoms with Crippen molar-refractivity contribution >= 4 is 21.8 Å². The molecule has 0 aliphatic rings. The van der Waals surface area contributed by atoms with Crippen molar-refractivity contribution in [3.05, 3.63) is 28.2 Å². The summed E-state index contributed by atoms with van der Waals surface area (Å²) in [6.45, 7) is 3.06. The van der Waals surface area contributed by atoms with E-state index in [9.17, 15) is 13.2 Å². The molecule has 118 valence electrons. The van der Waals surface area contributed by atoms with Crippen molar-refractivity contribution in [2.45, 2.75) is 25.9 Å². The van der Waals surface area contributed by atoms with Crippen molar-refractivity contribution in [2.75, 3.05) is 6.61 Å². The van der Waals surface area contributed by atoms with Crippen LogP contribution in [0.15, 0.2) is 27.8 Å². The van der Waals surface area contributed by atoms with Crippen molar-refractivity contribution in [3.63, 3.8) is 0 Å². The molecule has 0 radical (unpaired) electrons. The number of nitrogens with zero attached hydrogens (tertiary/aromatic N) is 1. The fourth-order valence-electron chi connectivity index (χ4n) is 1.69. The van der Waals surface area contributed by atoms with Gasteiger partial charge in [-0.3, -0.25) is 0 Å². The highest BCUT2D eigenvalue weighted by molar-refractivity contribution is 9.10. The zero-order valence-electron chi connectivity index (χ0n) is 11.5. The van der Waals surface area contributed by atoms with Crippen molar-refractivity contribution in [1.82, 2.24) is 0 Å². The minimum atomic E-state index is -4.65. The second kappa shape index (κ2) is 7.02. The molecular weight excluding hydrogens is 353 g/mol. The topological polar surface area (TPSA) is 67.8 Å². The van der Waals surface area contributed by atoms with Crippen molar-refractivity contribution < 1.29 is 23.1 Å². The van der Waals surface area contributed by atoms with Crippen LogP contribution >= 0.6 is 15.9 Å². The molecule has 21 heavy (non-hydrogen) atoms. The molecule has 0 amide bonds. The van der Waals surface area contributed by atoms with Crippen LogP contribution in [0.1, 0.15) is 25.3 Å². The zero-order chi connectivity index (χ0) is 16.2. The molecule has 0 spiro atoms. The first-order valence-corrected chi connectivity index (χ1v) is 6.92. The first-order chi connectivity index (χ1) is 9.66. The SMILES string of the molecule is CC(C)c1cc(Br)ccc1OCC(/C(N)=N/O)C(F)(F)F. The predicted octanol–water partition coefficient (Wildman–Crippen LogP) is 3.88. The Balaban J connectivity index is 2.96. The van der Waals surface area contributed by atoms with Gasteiger partial charge < -0.3 is 15.7 Å². The molecule has 0 aliphatic heterocycles. The van der Waals surface area contributed by atoms with Crippen LogP contribution < -0.4 is 10.5 Å².